The van der Waals surface area contributed by atoms with Crippen LogP contribution in [0.3, 0.4) is 0 Å². The number of likely N-dealkylation sites (N-methyl/N-ethyl adjacent to an activating group) is 1. The fourth-order valence-corrected chi connectivity index (χ4v) is 3.97. The van der Waals surface area contributed by atoms with Crippen LogP contribution in [0.4, 0.5) is 0 Å². The van der Waals surface area contributed by atoms with Crippen molar-refractivity contribution in [1.82, 2.24) is 20.2 Å². The monoisotopic (exact) mass is 443 g/mol. The molecule has 0 radical (unpaired) electrons. The van der Waals surface area contributed by atoms with Crippen molar-refractivity contribution in [2.45, 2.75) is 44.6 Å². The summed E-state index contributed by atoms with van der Waals surface area (Å²) in [4.78, 5) is 34.7. The van der Waals surface area contributed by atoms with Gasteiger partial charge in [-0.25, -0.2) is 9.97 Å². The minimum Gasteiger partial charge on any atom is -0.366 e. The van der Waals surface area contributed by atoms with Crippen LogP contribution in [0.1, 0.15) is 52.5 Å². The molecule has 3 rings (SSSR count). The first kappa shape index (κ1) is 23.2. The van der Waals surface area contributed by atoms with Gasteiger partial charge in [-0.1, -0.05) is 17.7 Å². The molecule has 1 saturated carbocycles. The summed E-state index contributed by atoms with van der Waals surface area (Å²) in [7, 11) is 3.94. The summed E-state index contributed by atoms with van der Waals surface area (Å²) < 4.78 is 0. The number of aryl methyl sites for hydroxylation is 1. The number of carbonyl (C=O) groups is 2. The highest BCUT2D eigenvalue weighted by Crippen LogP contribution is 2.44. The summed E-state index contributed by atoms with van der Waals surface area (Å²) in [6.07, 6.45) is 7.06. The van der Waals surface area contributed by atoms with Crippen LogP contribution in [-0.4, -0.2) is 53.4 Å². The summed E-state index contributed by atoms with van der Waals surface area (Å²) in [5.41, 5.74) is 7.65. The topological polar surface area (TPSA) is 101 Å². The fourth-order valence-electron chi connectivity index (χ4n) is 3.71. The highest BCUT2D eigenvalue weighted by atomic mass is 35.5. The SMILES string of the molecule is Cc1ncc(C(CC(=O)NCC(Cc2ccc(C(N)=O)cc2Cl)N(C)C)C2CC2)cn1. The van der Waals surface area contributed by atoms with Crippen molar-refractivity contribution in [3.05, 3.63) is 58.1 Å². The van der Waals surface area contributed by atoms with Gasteiger partial charge in [-0.05, 0) is 75.4 Å². The van der Waals surface area contributed by atoms with Gasteiger partial charge in [-0.2, -0.15) is 0 Å². The molecule has 1 heterocycles. The number of nitrogens with two attached hydrogens (primary N) is 1. The Labute approximate surface area is 188 Å². The van der Waals surface area contributed by atoms with E-state index in [9.17, 15) is 9.59 Å². The molecule has 1 aromatic heterocycles. The number of carbonyl (C=O) groups excluding carboxylic acids is 2. The van der Waals surface area contributed by atoms with Crippen LogP contribution >= 0.6 is 11.6 Å². The molecule has 0 spiro atoms. The van der Waals surface area contributed by atoms with Crippen LogP contribution in [0.5, 0.6) is 0 Å². The average Bonchev–Trinajstić information content (AvgIpc) is 3.56. The van der Waals surface area contributed by atoms with Crippen LogP contribution in [0, 0.1) is 12.8 Å². The van der Waals surface area contributed by atoms with E-state index in [4.69, 9.17) is 17.3 Å². The van der Waals surface area contributed by atoms with Gasteiger partial charge in [0.25, 0.3) is 0 Å². The molecule has 0 saturated heterocycles. The van der Waals surface area contributed by atoms with Gasteiger partial charge in [-0.15, -0.1) is 0 Å². The molecule has 0 aliphatic heterocycles. The number of hydrogen-bond acceptors (Lipinski definition) is 5. The standard InChI is InChI=1S/C23H30ClN5O2/c1-14-26-11-18(12-27-14)20(15-4-5-15)10-22(30)28-13-19(29(2)3)8-16-6-7-17(23(25)31)9-21(16)24/h6-7,9,11-12,15,19-20H,4-5,8,10,13H2,1-3H3,(H2,25,31)(H,28,30). The lowest BCUT2D eigenvalue weighted by Gasteiger charge is -2.26. The third-order valence-corrected chi connectivity index (χ3v) is 6.24. The van der Waals surface area contributed by atoms with Crippen molar-refractivity contribution >= 4 is 23.4 Å². The third-order valence-electron chi connectivity index (χ3n) is 5.88. The van der Waals surface area contributed by atoms with Crippen LogP contribution in [-0.2, 0) is 11.2 Å². The summed E-state index contributed by atoms with van der Waals surface area (Å²) in [5, 5.41) is 3.59. The molecule has 2 atom stereocenters. The lowest BCUT2D eigenvalue weighted by atomic mass is 9.92. The van der Waals surface area contributed by atoms with Gasteiger partial charge in [0.15, 0.2) is 0 Å². The Bertz CT molecular complexity index is 928. The van der Waals surface area contributed by atoms with Gasteiger partial charge in [0, 0.05) is 42.0 Å². The van der Waals surface area contributed by atoms with Crippen molar-refractivity contribution in [1.29, 1.82) is 0 Å². The quantitative estimate of drug-likeness (QED) is 0.587. The highest BCUT2D eigenvalue weighted by molar-refractivity contribution is 6.31. The molecule has 7 nitrogen and oxygen atoms in total. The molecular formula is C23H30ClN5O2. The van der Waals surface area contributed by atoms with E-state index in [2.05, 4.69) is 20.2 Å². The molecule has 1 aliphatic carbocycles. The lowest BCUT2D eigenvalue weighted by Crippen LogP contribution is -2.42. The predicted molar refractivity (Wildman–Crippen MR) is 121 cm³/mol. The van der Waals surface area contributed by atoms with Crippen LogP contribution < -0.4 is 11.1 Å². The van der Waals surface area contributed by atoms with E-state index in [1.54, 1.807) is 12.1 Å². The predicted octanol–water partition coefficient (Wildman–Crippen LogP) is 2.71. The van der Waals surface area contributed by atoms with Gasteiger partial charge >= 0.3 is 0 Å². The molecule has 8 heteroatoms. The Kier molecular flexibility index (Phi) is 7.62. The maximum absolute atomic E-state index is 12.7. The number of nitrogens with one attached hydrogen (secondary N) is 1. The summed E-state index contributed by atoms with van der Waals surface area (Å²) in [5.74, 6) is 0.950. The van der Waals surface area contributed by atoms with E-state index in [1.807, 2.05) is 39.5 Å². The second-order valence-electron chi connectivity index (χ2n) is 8.51. The molecule has 2 unspecified atom stereocenters. The van der Waals surface area contributed by atoms with E-state index in [-0.39, 0.29) is 17.9 Å². The number of rotatable bonds is 10. The van der Waals surface area contributed by atoms with Gasteiger partial charge in [-0.3, -0.25) is 9.59 Å². The van der Waals surface area contributed by atoms with Crippen molar-refractivity contribution in [3.8, 4) is 0 Å². The zero-order valence-electron chi connectivity index (χ0n) is 18.3. The van der Waals surface area contributed by atoms with Gasteiger partial charge in [0.2, 0.25) is 11.8 Å². The smallest absolute Gasteiger partial charge is 0.248 e. The number of benzene rings is 1. The van der Waals surface area contributed by atoms with E-state index in [0.29, 0.717) is 35.9 Å². The van der Waals surface area contributed by atoms with E-state index < -0.39 is 5.91 Å². The Morgan fingerprint density at radius 1 is 1.26 bits per heavy atom. The number of halogens is 1. The normalized spacial score (nSPS) is 15.5. The van der Waals surface area contributed by atoms with Crippen molar-refractivity contribution in [2.24, 2.45) is 11.7 Å². The maximum Gasteiger partial charge on any atom is 0.248 e. The van der Waals surface area contributed by atoms with Crippen molar-refractivity contribution in [3.63, 3.8) is 0 Å². The Morgan fingerprint density at radius 2 is 1.94 bits per heavy atom. The number of amides is 2. The second-order valence-corrected chi connectivity index (χ2v) is 8.91. The Hall–Kier alpha value is -2.51. The molecule has 1 fully saturated rings. The molecule has 1 aromatic carbocycles. The molecule has 2 amide bonds. The van der Waals surface area contributed by atoms with Crippen molar-refractivity contribution in [2.75, 3.05) is 20.6 Å². The molecule has 3 N–H and O–H groups in total. The minimum atomic E-state index is -0.505. The molecule has 0 bridgehead atoms. The zero-order chi connectivity index (χ0) is 22.5. The van der Waals surface area contributed by atoms with E-state index >= 15 is 0 Å². The molecule has 166 valence electrons. The first-order valence-corrected chi connectivity index (χ1v) is 10.9. The lowest BCUT2D eigenvalue weighted by molar-refractivity contribution is -0.121. The average molecular weight is 444 g/mol. The Morgan fingerprint density at radius 3 is 2.48 bits per heavy atom. The molecule has 1 aliphatic rings. The van der Waals surface area contributed by atoms with E-state index in [0.717, 1.165) is 29.8 Å². The Balaban J connectivity index is 1.60. The zero-order valence-corrected chi connectivity index (χ0v) is 19.0. The fraction of sp³-hybridized carbons (Fsp3) is 0.478. The maximum atomic E-state index is 12.7. The molecule has 2 aromatic rings. The van der Waals surface area contributed by atoms with Crippen LogP contribution in [0.2, 0.25) is 5.02 Å². The van der Waals surface area contributed by atoms with Gasteiger partial charge in [0.1, 0.15) is 5.82 Å². The van der Waals surface area contributed by atoms with E-state index in [1.165, 1.54) is 0 Å². The third kappa shape index (κ3) is 6.48. The first-order chi connectivity index (χ1) is 14.7. The minimum absolute atomic E-state index is 0.0273. The molecule has 31 heavy (non-hydrogen) atoms. The second kappa shape index (κ2) is 10.2. The summed E-state index contributed by atoms with van der Waals surface area (Å²) in [6.45, 7) is 2.36. The van der Waals surface area contributed by atoms with Crippen LogP contribution in [0.15, 0.2) is 30.6 Å². The first-order valence-electron chi connectivity index (χ1n) is 10.5. The number of aromatic nitrogens is 2. The number of hydrogen-bond donors (Lipinski definition) is 2. The van der Waals surface area contributed by atoms with Gasteiger partial charge < -0.3 is 16.0 Å². The molecular weight excluding hydrogens is 414 g/mol. The summed E-state index contributed by atoms with van der Waals surface area (Å²) >= 11 is 6.35. The number of nitrogens with zero attached hydrogens (tertiary/aromatic N) is 3. The largest absolute Gasteiger partial charge is 0.366 e. The highest BCUT2D eigenvalue weighted by Gasteiger charge is 2.34. The van der Waals surface area contributed by atoms with Crippen LogP contribution in [0.25, 0.3) is 0 Å². The number of primary amides is 1. The van der Waals surface area contributed by atoms with Crippen molar-refractivity contribution < 1.29 is 9.59 Å². The van der Waals surface area contributed by atoms with Gasteiger partial charge in [0.05, 0.1) is 0 Å². The summed E-state index contributed by atoms with van der Waals surface area (Å²) in [6, 6.07) is 5.15.